The van der Waals surface area contributed by atoms with Crippen molar-refractivity contribution in [1.29, 1.82) is 0 Å². The molecule has 0 fully saturated rings. The molecule has 0 atom stereocenters. The molecule has 0 spiro atoms. The first-order valence-corrected chi connectivity index (χ1v) is 7.90. The molecule has 0 aliphatic heterocycles. The van der Waals surface area contributed by atoms with E-state index in [1.54, 1.807) is 0 Å². The van der Waals surface area contributed by atoms with Crippen LogP contribution in [0, 0.1) is 6.42 Å². The number of hydrogen-bond acceptors (Lipinski definition) is 2. The monoisotopic (exact) mass is 249 g/mol. The molecule has 1 N–H and O–H groups in total. The van der Waals surface area contributed by atoms with Crippen LogP contribution in [0.15, 0.2) is 0 Å². The van der Waals surface area contributed by atoms with Crippen molar-refractivity contribution in [3.63, 3.8) is 0 Å². The molecule has 3 nitrogen and oxygen atoms in total. The van der Waals surface area contributed by atoms with E-state index in [1.165, 1.54) is 38.5 Å². The molecule has 0 saturated carbocycles. The van der Waals surface area contributed by atoms with Gasteiger partial charge in [0, 0.05) is 0 Å². The summed E-state index contributed by atoms with van der Waals surface area (Å²) in [4.78, 5) is 0. The number of hydrogen-bond donors (Lipinski definition) is 1. The van der Waals surface area contributed by atoms with Crippen LogP contribution in [0.25, 0.3) is 0 Å². The summed E-state index contributed by atoms with van der Waals surface area (Å²) in [6.07, 6.45) is 12.3. The minimum absolute atomic E-state index is 0.0840. The smallest absolute Gasteiger partial charge is 0.264 e. The summed E-state index contributed by atoms with van der Waals surface area (Å²) in [6.45, 7) is 2.09. The second-order valence-electron chi connectivity index (χ2n) is 4.31. The Bertz CT molecular complexity index is 235. The second-order valence-corrected chi connectivity index (χ2v) is 5.88. The molecule has 16 heavy (non-hydrogen) atoms. The highest BCUT2D eigenvalue weighted by Crippen LogP contribution is 2.10. The normalized spacial score (nSPS) is 11.9. The molecule has 0 rings (SSSR count). The first-order chi connectivity index (χ1) is 7.56. The predicted octanol–water partition coefficient (Wildman–Crippen LogP) is 3.61. The first kappa shape index (κ1) is 15.9. The molecule has 0 heterocycles. The SMILES string of the molecule is C[CH]CCCCCCCCCCS(=O)(=O)O. The molecule has 0 saturated heterocycles. The molecule has 0 aromatic rings. The topological polar surface area (TPSA) is 54.4 Å². The molecular weight excluding hydrogens is 224 g/mol. The Morgan fingerprint density at radius 1 is 0.875 bits per heavy atom. The van der Waals surface area contributed by atoms with Gasteiger partial charge in [-0.15, -0.1) is 0 Å². The van der Waals surface area contributed by atoms with Crippen LogP contribution in [0.3, 0.4) is 0 Å². The summed E-state index contributed by atoms with van der Waals surface area (Å²) in [7, 11) is -3.74. The van der Waals surface area contributed by atoms with Crippen LogP contribution in [0.1, 0.15) is 64.7 Å². The largest absolute Gasteiger partial charge is 0.286 e. The van der Waals surface area contributed by atoms with Gasteiger partial charge in [0.1, 0.15) is 0 Å². The minimum atomic E-state index is -3.74. The standard InChI is InChI=1S/C12H25O3S/c1-2-3-4-5-6-7-8-9-10-11-12-16(13,14)15/h2H,3-12H2,1H3,(H,13,14,15). The van der Waals surface area contributed by atoms with Crippen LogP contribution in [-0.2, 0) is 10.1 Å². The van der Waals surface area contributed by atoms with Gasteiger partial charge in [0.25, 0.3) is 10.1 Å². The van der Waals surface area contributed by atoms with Gasteiger partial charge in [0.15, 0.2) is 0 Å². The van der Waals surface area contributed by atoms with Crippen molar-refractivity contribution in [2.24, 2.45) is 0 Å². The highest BCUT2D eigenvalue weighted by atomic mass is 32.2. The fraction of sp³-hybridized carbons (Fsp3) is 0.917. The molecule has 0 amide bonds. The van der Waals surface area contributed by atoms with Gasteiger partial charge in [-0.2, -0.15) is 8.42 Å². The second kappa shape index (κ2) is 10.1. The lowest BCUT2D eigenvalue weighted by molar-refractivity contribution is 0.478. The van der Waals surface area contributed by atoms with Crippen molar-refractivity contribution >= 4 is 10.1 Å². The number of unbranched alkanes of at least 4 members (excludes halogenated alkanes) is 9. The van der Waals surface area contributed by atoms with E-state index in [2.05, 4.69) is 13.3 Å². The van der Waals surface area contributed by atoms with Gasteiger partial charge in [-0.25, -0.2) is 0 Å². The predicted molar refractivity (Wildman–Crippen MR) is 67.9 cm³/mol. The van der Waals surface area contributed by atoms with E-state index in [9.17, 15) is 8.42 Å². The Morgan fingerprint density at radius 2 is 1.31 bits per heavy atom. The summed E-state index contributed by atoms with van der Waals surface area (Å²) in [6, 6.07) is 0. The van der Waals surface area contributed by atoms with Crippen LogP contribution in [0.5, 0.6) is 0 Å². The Kier molecular flexibility index (Phi) is 10.0. The fourth-order valence-electron chi connectivity index (χ4n) is 1.69. The van der Waals surface area contributed by atoms with Gasteiger partial charge < -0.3 is 0 Å². The summed E-state index contributed by atoms with van der Waals surface area (Å²) < 4.78 is 29.3. The van der Waals surface area contributed by atoms with E-state index >= 15 is 0 Å². The molecule has 0 unspecified atom stereocenters. The molecule has 0 aliphatic rings. The summed E-state index contributed by atoms with van der Waals surface area (Å²) in [5.41, 5.74) is 0. The Morgan fingerprint density at radius 3 is 1.75 bits per heavy atom. The number of rotatable bonds is 11. The molecule has 0 aromatic carbocycles. The molecular formula is C12H25O3S. The maximum absolute atomic E-state index is 10.4. The van der Waals surface area contributed by atoms with E-state index in [0.29, 0.717) is 6.42 Å². The molecule has 0 bridgehead atoms. The van der Waals surface area contributed by atoms with Crippen LogP contribution in [0.4, 0.5) is 0 Å². The van der Waals surface area contributed by atoms with Gasteiger partial charge in [0.05, 0.1) is 5.75 Å². The van der Waals surface area contributed by atoms with Crippen molar-refractivity contribution in [3.05, 3.63) is 6.42 Å². The lowest BCUT2D eigenvalue weighted by Crippen LogP contribution is -2.03. The average molecular weight is 249 g/mol. The van der Waals surface area contributed by atoms with Crippen molar-refractivity contribution in [2.75, 3.05) is 5.75 Å². The third kappa shape index (κ3) is 13.9. The maximum atomic E-state index is 10.4. The van der Waals surface area contributed by atoms with Crippen molar-refractivity contribution in [3.8, 4) is 0 Å². The maximum Gasteiger partial charge on any atom is 0.264 e. The van der Waals surface area contributed by atoms with Crippen molar-refractivity contribution in [1.82, 2.24) is 0 Å². The van der Waals surface area contributed by atoms with Gasteiger partial charge >= 0.3 is 0 Å². The van der Waals surface area contributed by atoms with Crippen molar-refractivity contribution < 1.29 is 13.0 Å². The lowest BCUT2D eigenvalue weighted by Gasteiger charge is -2.01. The Balaban J connectivity index is 3.05. The van der Waals surface area contributed by atoms with Gasteiger partial charge in [0.2, 0.25) is 0 Å². The zero-order valence-electron chi connectivity index (χ0n) is 10.3. The zero-order chi connectivity index (χ0) is 12.3. The van der Waals surface area contributed by atoms with E-state index in [0.717, 1.165) is 12.8 Å². The Hall–Kier alpha value is -0.0900. The third-order valence-electron chi connectivity index (χ3n) is 2.65. The van der Waals surface area contributed by atoms with E-state index in [-0.39, 0.29) is 5.75 Å². The van der Waals surface area contributed by atoms with Gasteiger partial charge in [-0.1, -0.05) is 58.3 Å². The van der Waals surface area contributed by atoms with E-state index in [1.807, 2.05) is 0 Å². The third-order valence-corrected chi connectivity index (χ3v) is 3.45. The summed E-state index contributed by atoms with van der Waals surface area (Å²) in [5, 5.41) is 0. The highest BCUT2D eigenvalue weighted by Gasteiger charge is 2.02. The lowest BCUT2D eigenvalue weighted by atomic mass is 10.1. The van der Waals surface area contributed by atoms with Gasteiger partial charge in [-0.05, 0) is 12.8 Å². The summed E-state index contributed by atoms with van der Waals surface area (Å²) >= 11 is 0. The molecule has 1 radical (unpaired) electrons. The van der Waals surface area contributed by atoms with Crippen molar-refractivity contribution in [2.45, 2.75) is 64.7 Å². The fourth-order valence-corrected chi connectivity index (χ4v) is 2.26. The van der Waals surface area contributed by atoms with Crippen LogP contribution >= 0.6 is 0 Å². The zero-order valence-corrected chi connectivity index (χ0v) is 11.1. The van der Waals surface area contributed by atoms with E-state index < -0.39 is 10.1 Å². The first-order valence-electron chi connectivity index (χ1n) is 6.29. The molecule has 0 aliphatic carbocycles. The highest BCUT2D eigenvalue weighted by molar-refractivity contribution is 7.85. The van der Waals surface area contributed by atoms with Crippen LogP contribution in [-0.4, -0.2) is 18.7 Å². The van der Waals surface area contributed by atoms with Crippen LogP contribution < -0.4 is 0 Å². The van der Waals surface area contributed by atoms with E-state index in [4.69, 9.17) is 4.55 Å². The Labute approximate surface area is 100 Å². The molecule has 97 valence electrons. The molecule has 4 heteroatoms. The van der Waals surface area contributed by atoms with Gasteiger partial charge in [-0.3, -0.25) is 4.55 Å². The quantitative estimate of drug-likeness (QED) is 0.449. The molecule has 0 aromatic heterocycles. The van der Waals surface area contributed by atoms with Crippen LogP contribution in [0.2, 0.25) is 0 Å². The minimum Gasteiger partial charge on any atom is -0.286 e. The average Bonchev–Trinajstić information content (AvgIpc) is 2.19. The summed E-state index contributed by atoms with van der Waals surface area (Å²) in [5.74, 6) is -0.0840.